The van der Waals surface area contributed by atoms with Crippen molar-refractivity contribution in [2.24, 2.45) is 0 Å². The maximum Gasteiger partial charge on any atom is 0.261 e. The predicted molar refractivity (Wildman–Crippen MR) is 103 cm³/mol. The molecule has 1 unspecified atom stereocenters. The van der Waals surface area contributed by atoms with E-state index in [4.69, 9.17) is 4.74 Å². The van der Waals surface area contributed by atoms with Crippen molar-refractivity contribution >= 4 is 16.8 Å². The van der Waals surface area contributed by atoms with Crippen LogP contribution >= 0.6 is 0 Å². The van der Waals surface area contributed by atoms with E-state index in [2.05, 4.69) is 10.3 Å². The molecule has 3 aromatic rings. The Morgan fingerprint density at radius 1 is 1.26 bits per heavy atom. The molecule has 1 N–H and O–H groups in total. The first-order valence-electron chi connectivity index (χ1n) is 9.09. The average Bonchev–Trinajstić information content (AvgIpc) is 2.68. The van der Waals surface area contributed by atoms with Gasteiger partial charge in [-0.1, -0.05) is 30.3 Å². The number of hydrogen-bond donors (Lipinski definition) is 1. The Labute approximate surface area is 156 Å². The minimum atomic E-state index is -0.118. The smallest absolute Gasteiger partial charge is 0.261 e. The first-order chi connectivity index (χ1) is 13.1. The van der Waals surface area contributed by atoms with Gasteiger partial charge in [-0.15, -0.1) is 0 Å². The van der Waals surface area contributed by atoms with Gasteiger partial charge in [-0.2, -0.15) is 0 Å². The Morgan fingerprint density at radius 2 is 2.11 bits per heavy atom. The molecule has 2 heterocycles. The highest BCUT2D eigenvalue weighted by Gasteiger charge is 2.22. The number of carbonyl (C=O) groups is 1. The van der Waals surface area contributed by atoms with Gasteiger partial charge in [0.2, 0.25) is 5.91 Å². The molecule has 1 aromatic heterocycles. The molecule has 0 saturated carbocycles. The van der Waals surface area contributed by atoms with Gasteiger partial charge >= 0.3 is 0 Å². The van der Waals surface area contributed by atoms with Gasteiger partial charge in [0.1, 0.15) is 5.75 Å². The monoisotopic (exact) mass is 363 g/mol. The SMILES string of the molecule is Cc1cccc2c(=O)n(CCC(=O)NC3CCOc4ccccc43)cnc12. The van der Waals surface area contributed by atoms with Crippen molar-refractivity contribution in [3.8, 4) is 5.75 Å². The zero-order valence-electron chi connectivity index (χ0n) is 15.1. The number of benzene rings is 2. The number of ether oxygens (including phenoxy) is 1. The number of amides is 1. The van der Waals surface area contributed by atoms with Crippen molar-refractivity contribution in [1.29, 1.82) is 0 Å². The second-order valence-corrected chi connectivity index (χ2v) is 6.76. The third kappa shape index (κ3) is 3.43. The van der Waals surface area contributed by atoms with Crippen LogP contribution in [0.1, 0.15) is 30.0 Å². The number of rotatable bonds is 4. The predicted octanol–water partition coefficient (Wildman–Crippen LogP) is 2.74. The topological polar surface area (TPSA) is 73.2 Å². The molecular weight excluding hydrogens is 342 g/mol. The summed E-state index contributed by atoms with van der Waals surface area (Å²) < 4.78 is 7.13. The van der Waals surface area contributed by atoms with Gasteiger partial charge in [0.25, 0.3) is 5.56 Å². The Kier molecular flexibility index (Phi) is 4.62. The Bertz CT molecular complexity index is 1060. The Hall–Kier alpha value is -3.15. The lowest BCUT2D eigenvalue weighted by Crippen LogP contribution is -2.33. The average molecular weight is 363 g/mol. The van der Waals surface area contributed by atoms with Crippen molar-refractivity contribution in [2.75, 3.05) is 6.61 Å². The maximum atomic E-state index is 12.6. The molecule has 1 amide bonds. The molecule has 1 aliphatic heterocycles. The van der Waals surface area contributed by atoms with E-state index in [1.165, 1.54) is 10.9 Å². The van der Waals surface area contributed by atoms with E-state index >= 15 is 0 Å². The number of aryl methyl sites for hydroxylation is 2. The second kappa shape index (κ2) is 7.23. The number of carbonyl (C=O) groups excluding carboxylic acids is 1. The third-order valence-electron chi connectivity index (χ3n) is 4.93. The van der Waals surface area contributed by atoms with E-state index in [0.717, 1.165) is 23.3 Å². The number of hydrogen-bond acceptors (Lipinski definition) is 4. The van der Waals surface area contributed by atoms with Crippen LogP contribution in [0.15, 0.2) is 53.6 Å². The van der Waals surface area contributed by atoms with Gasteiger partial charge in [-0.05, 0) is 24.6 Å². The summed E-state index contributed by atoms with van der Waals surface area (Å²) in [6, 6.07) is 13.2. The molecule has 6 heteroatoms. The third-order valence-corrected chi connectivity index (χ3v) is 4.93. The minimum absolute atomic E-state index is 0.0587. The summed E-state index contributed by atoms with van der Waals surface area (Å²) in [6.07, 6.45) is 2.48. The highest BCUT2D eigenvalue weighted by atomic mass is 16.5. The summed E-state index contributed by atoms with van der Waals surface area (Å²) in [5.74, 6) is 0.729. The van der Waals surface area contributed by atoms with E-state index in [0.29, 0.717) is 24.1 Å². The normalized spacial score (nSPS) is 15.8. The van der Waals surface area contributed by atoms with Crippen molar-refractivity contribution < 1.29 is 9.53 Å². The summed E-state index contributed by atoms with van der Waals surface area (Å²) in [7, 11) is 0. The fraction of sp³-hybridized carbons (Fsp3) is 0.286. The first-order valence-corrected chi connectivity index (χ1v) is 9.09. The van der Waals surface area contributed by atoms with Crippen LogP contribution in [-0.2, 0) is 11.3 Å². The second-order valence-electron chi connectivity index (χ2n) is 6.76. The summed E-state index contributed by atoms with van der Waals surface area (Å²) in [5.41, 5.74) is 2.56. The zero-order chi connectivity index (χ0) is 18.8. The van der Waals surface area contributed by atoms with E-state index in [1.807, 2.05) is 43.3 Å². The van der Waals surface area contributed by atoms with Gasteiger partial charge in [-0.3, -0.25) is 14.2 Å². The summed E-state index contributed by atoms with van der Waals surface area (Å²) in [5, 5.41) is 3.64. The molecule has 6 nitrogen and oxygen atoms in total. The van der Waals surface area contributed by atoms with Gasteiger partial charge in [0.15, 0.2) is 0 Å². The van der Waals surface area contributed by atoms with E-state index in [9.17, 15) is 9.59 Å². The van der Waals surface area contributed by atoms with Crippen molar-refractivity contribution in [2.45, 2.75) is 32.4 Å². The van der Waals surface area contributed by atoms with Crippen LogP contribution in [0.3, 0.4) is 0 Å². The number of nitrogens with one attached hydrogen (secondary N) is 1. The molecule has 0 fully saturated rings. The Morgan fingerprint density at radius 3 is 3.00 bits per heavy atom. The minimum Gasteiger partial charge on any atom is -0.493 e. The largest absolute Gasteiger partial charge is 0.493 e. The van der Waals surface area contributed by atoms with Gasteiger partial charge in [0.05, 0.1) is 29.9 Å². The van der Waals surface area contributed by atoms with Gasteiger partial charge in [0, 0.05) is 24.9 Å². The standard InChI is InChI=1S/C21H21N3O3/c1-14-5-4-7-16-20(14)22-13-24(21(16)26)11-9-19(25)23-17-10-12-27-18-8-3-2-6-15(17)18/h2-8,13,17H,9-12H2,1H3,(H,23,25). The zero-order valence-corrected chi connectivity index (χ0v) is 15.1. The van der Waals surface area contributed by atoms with Crippen LogP contribution in [-0.4, -0.2) is 22.1 Å². The highest BCUT2D eigenvalue weighted by Crippen LogP contribution is 2.31. The lowest BCUT2D eigenvalue weighted by atomic mass is 10.0. The number of aromatic nitrogens is 2. The van der Waals surface area contributed by atoms with Crippen molar-refractivity contribution in [3.63, 3.8) is 0 Å². The fourth-order valence-corrected chi connectivity index (χ4v) is 3.48. The molecule has 1 aliphatic rings. The maximum absolute atomic E-state index is 12.6. The molecule has 138 valence electrons. The van der Waals surface area contributed by atoms with E-state index < -0.39 is 0 Å². The molecule has 0 radical (unpaired) electrons. The molecule has 27 heavy (non-hydrogen) atoms. The van der Waals surface area contributed by atoms with Gasteiger partial charge in [-0.25, -0.2) is 4.98 Å². The van der Waals surface area contributed by atoms with Crippen LogP contribution in [0.5, 0.6) is 5.75 Å². The van der Waals surface area contributed by atoms with Crippen LogP contribution in [0.25, 0.3) is 10.9 Å². The molecule has 2 aromatic carbocycles. The lowest BCUT2D eigenvalue weighted by molar-refractivity contribution is -0.122. The Balaban J connectivity index is 1.45. The molecule has 4 rings (SSSR count). The highest BCUT2D eigenvalue weighted by molar-refractivity contribution is 5.80. The summed E-state index contributed by atoms with van der Waals surface area (Å²) >= 11 is 0. The van der Waals surface area contributed by atoms with Gasteiger partial charge < -0.3 is 10.1 Å². The molecular formula is C21H21N3O3. The number of para-hydroxylation sites is 2. The van der Waals surface area contributed by atoms with E-state index in [1.54, 1.807) is 6.07 Å². The lowest BCUT2D eigenvalue weighted by Gasteiger charge is -2.26. The quantitative estimate of drug-likeness (QED) is 0.774. The van der Waals surface area contributed by atoms with Crippen LogP contribution < -0.4 is 15.6 Å². The molecule has 0 saturated heterocycles. The molecule has 0 bridgehead atoms. The molecule has 0 spiro atoms. The number of nitrogens with zero attached hydrogens (tertiary/aromatic N) is 2. The first kappa shape index (κ1) is 17.3. The van der Waals surface area contributed by atoms with Crippen LogP contribution in [0.2, 0.25) is 0 Å². The summed E-state index contributed by atoms with van der Waals surface area (Å²) in [6.45, 7) is 2.81. The summed E-state index contributed by atoms with van der Waals surface area (Å²) in [4.78, 5) is 29.4. The number of fused-ring (bicyclic) bond motifs is 2. The van der Waals surface area contributed by atoms with Crippen LogP contribution in [0.4, 0.5) is 0 Å². The molecule has 1 atom stereocenters. The van der Waals surface area contributed by atoms with E-state index in [-0.39, 0.29) is 23.9 Å². The molecule has 0 aliphatic carbocycles. The van der Waals surface area contributed by atoms with Crippen molar-refractivity contribution in [1.82, 2.24) is 14.9 Å². The fourth-order valence-electron chi connectivity index (χ4n) is 3.48. The van der Waals surface area contributed by atoms with Crippen LogP contribution in [0, 0.1) is 6.92 Å². The van der Waals surface area contributed by atoms with Crippen molar-refractivity contribution in [3.05, 3.63) is 70.3 Å².